The summed E-state index contributed by atoms with van der Waals surface area (Å²) in [6, 6.07) is 2.31. The number of likely N-dealkylation sites (tertiary alicyclic amines) is 1. The minimum atomic E-state index is -0.567. The summed E-state index contributed by atoms with van der Waals surface area (Å²) in [6.45, 7) is 7.54. The first kappa shape index (κ1) is 24.6. The summed E-state index contributed by atoms with van der Waals surface area (Å²) >= 11 is 0. The van der Waals surface area contributed by atoms with E-state index in [1.54, 1.807) is 22.8 Å². The molecule has 2 aliphatic heterocycles. The SMILES string of the molecule is CC=C(N)Nc1cc(F)c(N2CCC(=NOC3CCN(C(=O)OC(C)C)CC3)CC2)cc1F. The van der Waals surface area contributed by atoms with Gasteiger partial charge in [-0.3, -0.25) is 0 Å². The van der Waals surface area contributed by atoms with Crippen LogP contribution in [0.3, 0.4) is 0 Å². The molecule has 2 fully saturated rings. The normalized spacial score (nSPS) is 17.9. The number of anilines is 2. The number of oxime groups is 1. The molecular formula is C23H33F2N5O3. The zero-order valence-electron chi connectivity index (χ0n) is 19.4. The molecular weight excluding hydrogens is 432 g/mol. The largest absolute Gasteiger partial charge is 0.447 e. The molecule has 1 aromatic carbocycles. The number of carbonyl (C=O) groups excluding carboxylic acids is 1. The summed E-state index contributed by atoms with van der Waals surface area (Å²) in [7, 11) is 0. The molecule has 3 rings (SSSR count). The van der Waals surface area contributed by atoms with Crippen molar-refractivity contribution in [3.8, 4) is 0 Å². The molecule has 2 saturated heterocycles. The van der Waals surface area contributed by atoms with Crippen LogP contribution in [0.2, 0.25) is 0 Å². The zero-order chi connectivity index (χ0) is 24.0. The minimum Gasteiger partial charge on any atom is -0.447 e. The minimum absolute atomic E-state index is 0.00280. The van der Waals surface area contributed by atoms with E-state index in [2.05, 4.69) is 10.5 Å². The fourth-order valence-corrected chi connectivity index (χ4v) is 3.77. The van der Waals surface area contributed by atoms with E-state index in [9.17, 15) is 13.6 Å². The number of ether oxygens (including phenoxy) is 1. The highest BCUT2D eigenvalue weighted by Gasteiger charge is 2.26. The molecule has 0 spiro atoms. The Kier molecular flexibility index (Phi) is 8.35. The van der Waals surface area contributed by atoms with E-state index in [0.29, 0.717) is 51.9 Å². The van der Waals surface area contributed by atoms with Crippen molar-refractivity contribution in [1.29, 1.82) is 0 Å². The van der Waals surface area contributed by atoms with Crippen LogP contribution in [0.25, 0.3) is 0 Å². The molecule has 0 unspecified atom stereocenters. The molecule has 33 heavy (non-hydrogen) atoms. The summed E-state index contributed by atoms with van der Waals surface area (Å²) in [5.41, 5.74) is 6.76. The number of nitrogens with zero attached hydrogens (tertiary/aromatic N) is 3. The monoisotopic (exact) mass is 465 g/mol. The fourth-order valence-electron chi connectivity index (χ4n) is 3.77. The molecule has 10 heteroatoms. The van der Waals surface area contributed by atoms with Crippen LogP contribution < -0.4 is 16.0 Å². The van der Waals surface area contributed by atoms with Crippen LogP contribution in [-0.4, -0.2) is 55.1 Å². The first-order chi connectivity index (χ1) is 15.8. The molecule has 1 aromatic rings. The summed E-state index contributed by atoms with van der Waals surface area (Å²) in [5.74, 6) is -0.828. The van der Waals surface area contributed by atoms with Gasteiger partial charge in [0.05, 0.1) is 29.0 Å². The number of benzene rings is 1. The van der Waals surface area contributed by atoms with Crippen LogP contribution in [0.5, 0.6) is 0 Å². The highest BCUT2D eigenvalue weighted by molar-refractivity contribution is 5.86. The van der Waals surface area contributed by atoms with E-state index in [1.165, 1.54) is 6.07 Å². The number of allylic oxidation sites excluding steroid dienone is 1. The van der Waals surface area contributed by atoms with Crippen LogP contribution >= 0.6 is 0 Å². The number of halogens is 2. The van der Waals surface area contributed by atoms with Crippen LogP contribution in [0.15, 0.2) is 29.2 Å². The zero-order valence-corrected chi connectivity index (χ0v) is 19.4. The van der Waals surface area contributed by atoms with Crippen LogP contribution in [-0.2, 0) is 9.57 Å². The third kappa shape index (κ3) is 6.72. The van der Waals surface area contributed by atoms with Crippen LogP contribution in [0.4, 0.5) is 25.0 Å². The average molecular weight is 466 g/mol. The quantitative estimate of drug-likeness (QED) is 0.613. The van der Waals surface area contributed by atoms with Gasteiger partial charge in [-0.15, -0.1) is 0 Å². The predicted molar refractivity (Wildman–Crippen MR) is 124 cm³/mol. The maximum atomic E-state index is 14.6. The lowest BCUT2D eigenvalue weighted by Crippen LogP contribution is -2.41. The van der Waals surface area contributed by atoms with E-state index >= 15 is 0 Å². The second-order valence-electron chi connectivity index (χ2n) is 8.52. The van der Waals surface area contributed by atoms with Crippen molar-refractivity contribution in [2.24, 2.45) is 10.9 Å². The summed E-state index contributed by atoms with van der Waals surface area (Å²) in [5, 5.41) is 6.95. The third-order valence-electron chi connectivity index (χ3n) is 5.68. The summed E-state index contributed by atoms with van der Waals surface area (Å²) in [6.07, 6.45) is 3.69. The van der Waals surface area contributed by atoms with E-state index in [0.717, 1.165) is 11.8 Å². The van der Waals surface area contributed by atoms with Gasteiger partial charge < -0.3 is 30.4 Å². The van der Waals surface area contributed by atoms with Gasteiger partial charge in [-0.05, 0) is 26.8 Å². The molecule has 0 bridgehead atoms. The van der Waals surface area contributed by atoms with Gasteiger partial charge in [-0.25, -0.2) is 13.6 Å². The van der Waals surface area contributed by atoms with Crippen molar-refractivity contribution in [2.45, 2.75) is 58.7 Å². The highest BCUT2D eigenvalue weighted by Crippen LogP contribution is 2.28. The van der Waals surface area contributed by atoms with Gasteiger partial charge in [0.2, 0.25) is 0 Å². The van der Waals surface area contributed by atoms with E-state index in [-0.39, 0.29) is 35.5 Å². The van der Waals surface area contributed by atoms with E-state index in [1.807, 2.05) is 13.8 Å². The van der Waals surface area contributed by atoms with Crippen molar-refractivity contribution in [1.82, 2.24) is 4.90 Å². The van der Waals surface area contributed by atoms with Gasteiger partial charge in [-0.2, -0.15) is 0 Å². The Morgan fingerprint density at radius 2 is 1.85 bits per heavy atom. The Labute approximate surface area is 193 Å². The van der Waals surface area contributed by atoms with Gasteiger partial charge in [-0.1, -0.05) is 5.16 Å². The number of hydrogen-bond acceptors (Lipinski definition) is 7. The second kappa shape index (κ2) is 11.2. The number of nitrogens with two attached hydrogens (primary N) is 1. The Balaban J connectivity index is 1.48. The van der Waals surface area contributed by atoms with Crippen LogP contribution in [0.1, 0.15) is 46.5 Å². The van der Waals surface area contributed by atoms with E-state index in [4.69, 9.17) is 15.3 Å². The molecule has 182 valence electrons. The van der Waals surface area contributed by atoms with Gasteiger partial charge >= 0.3 is 6.09 Å². The topological polar surface area (TPSA) is 92.4 Å². The lowest BCUT2D eigenvalue weighted by molar-refractivity contribution is 0.00415. The van der Waals surface area contributed by atoms with Crippen molar-refractivity contribution in [3.63, 3.8) is 0 Å². The van der Waals surface area contributed by atoms with Gasteiger partial charge in [0.25, 0.3) is 0 Å². The molecule has 0 saturated carbocycles. The molecule has 8 nitrogen and oxygen atoms in total. The molecule has 2 heterocycles. The number of piperidine rings is 2. The van der Waals surface area contributed by atoms with Gasteiger partial charge in [0.1, 0.15) is 17.7 Å². The Morgan fingerprint density at radius 3 is 2.45 bits per heavy atom. The van der Waals surface area contributed by atoms with Crippen molar-refractivity contribution in [2.75, 3.05) is 36.4 Å². The van der Waals surface area contributed by atoms with Crippen molar-refractivity contribution >= 4 is 23.2 Å². The number of hydrogen-bond donors (Lipinski definition) is 2. The number of nitrogens with one attached hydrogen (secondary N) is 1. The summed E-state index contributed by atoms with van der Waals surface area (Å²) < 4.78 is 34.2. The summed E-state index contributed by atoms with van der Waals surface area (Å²) in [4.78, 5) is 21.2. The van der Waals surface area contributed by atoms with Gasteiger partial charge in [0, 0.05) is 64.0 Å². The molecule has 0 atom stereocenters. The molecule has 3 N–H and O–H groups in total. The van der Waals surface area contributed by atoms with Gasteiger partial charge in [0.15, 0.2) is 0 Å². The lowest BCUT2D eigenvalue weighted by Gasteiger charge is -2.32. The molecule has 0 aromatic heterocycles. The lowest BCUT2D eigenvalue weighted by atomic mass is 10.1. The van der Waals surface area contributed by atoms with E-state index < -0.39 is 11.6 Å². The smallest absolute Gasteiger partial charge is 0.410 e. The number of rotatable bonds is 6. The standard InChI is InChI=1S/C23H33F2N5O3/c1-4-22(26)27-20-13-19(25)21(14-18(20)24)29-9-5-16(6-10-29)28-33-17-7-11-30(12-8-17)23(31)32-15(2)3/h4,13-15,17,27H,5-12,26H2,1-3H3. The van der Waals surface area contributed by atoms with Crippen molar-refractivity contribution < 1.29 is 23.1 Å². The third-order valence-corrected chi connectivity index (χ3v) is 5.68. The maximum absolute atomic E-state index is 14.6. The average Bonchev–Trinajstić information content (AvgIpc) is 2.80. The predicted octanol–water partition coefficient (Wildman–Crippen LogP) is 4.18. The molecule has 2 aliphatic rings. The Bertz CT molecular complexity index is 888. The second-order valence-corrected chi connectivity index (χ2v) is 8.52. The molecule has 1 amide bonds. The Hall–Kier alpha value is -3.04. The fraction of sp³-hybridized carbons (Fsp3) is 0.565. The van der Waals surface area contributed by atoms with Crippen molar-refractivity contribution in [3.05, 3.63) is 35.7 Å². The Morgan fingerprint density at radius 1 is 1.18 bits per heavy atom. The molecule has 0 aliphatic carbocycles. The highest BCUT2D eigenvalue weighted by atomic mass is 19.1. The first-order valence-corrected chi connectivity index (χ1v) is 11.4. The first-order valence-electron chi connectivity index (χ1n) is 11.4. The number of carbonyl (C=O) groups is 1. The molecule has 0 radical (unpaired) electrons. The maximum Gasteiger partial charge on any atom is 0.410 e. The van der Waals surface area contributed by atoms with Crippen LogP contribution in [0, 0.1) is 11.6 Å². The number of amides is 1.